The van der Waals surface area contributed by atoms with Crippen LogP contribution < -0.4 is 0 Å². The second-order valence-electron chi connectivity index (χ2n) is 1.93. The zero-order chi connectivity index (χ0) is 8.10. The Balaban J connectivity index is 0. The molecule has 0 spiro atoms. The summed E-state index contributed by atoms with van der Waals surface area (Å²) in [6, 6.07) is 0. The van der Waals surface area contributed by atoms with Gasteiger partial charge in [-0.3, -0.25) is 11.8 Å². The van der Waals surface area contributed by atoms with Crippen LogP contribution in [0.1, 0.15) is 0 Å². The summed E-state index contributed by atoms with van der Waals surface area (Å²) in [6.45, 7) is 0. The predicted octanol–water partition coefficient (Wildman–Crippen LogP) is 1.74. The predicted molar refractivity (Wildman–Crippen MR) is 43.1 cm³/mol. The van der Waals surface area contributed by atoms with E-state index in [0.717, 1.165) is 5.57 Å². The summed E-state index contributed by atoms with van der Waals surface area (Å²) < 4.78 is 0. The van der Waals surface area contributed by atoms with Crippen LogP contribution in [-0.4, -0.2) is 0 Å². The van der Waals surface area contributed by atoms with E-state index in [1.54, 1.807) is 12.2 Å². The van der Waals surface area contributed by atoms with Gasteiger partial charge in [-0.25, -0.2) is 0 Å². The van der Waals surface area contributed by atoms with E-state index in [9.17, 15) is 0 Å². The summed E-state index contributed by atoms with van der Waals surface area (Å²) in [7, 11) is 0. The van der Waals surface area contributed by atoms with Crippen molar-refractivity contribution >= 4 is 0 Å². The Hall–Kier alpha value is -0.399. The van der Waals surface area contributed by atoms with Crippen molar-refractivity contribution in [3.63, 3.8) is 0 Å². The maximum Gasteiger partial charge on any atom is 1.00 e. The zero-order valence-electron chi connectivity index (χ0n) is 6.41. The molecule has 70 valence electrons. The van der Waals surface area contributed by atoms with Crippen LogP contribution in [0.3, 0.4) is 0 Å². The molecule has 0 aromatic carbocycles. The minimum Gasteiger partial charge on any atom is -0.365 e. The standard InChI is InChI=1S/C11H4.2Au/c1-3-10(4-2)9-11-7-5-6-8-11;;/h5-7,9H;;/q-2;2*+1. The van der Waals surface area contributed by atoms with E-state index in [1.807, 2.05) is 12.2 Å². The van der Waals surface area contributed by atoms with Gasteiger partial charge in [-0.05, 0) is 12.2 Å². The maximum absolute atomic E-state index is 6.75. The Bertz CT molecular complexity index is 348. The van der Waals surface area contributed by atoms with Crippen LogP contribution in [0.4, 0.5) is 0 Å². The molecule has 0 radical (unpaired) electrons. The number of rotatable bonds is 1. The molecule has 0 unspecified atom stereocenters. The summed E-state index contributed by atoms with van der Waals surface area (Å²) in [6.07, 6.45) is 20.6. The van der Waals surface area contributed by atoms with Crippen LogP contribution in [0.2, 0.25) is 0 Å². The van der Waals surface area contributed by atoms with E-state index in [4.69, 9.17) is 12.8 Å². The molecule has 0 saturated carbocycles. The van der Waals surface area contributed by atoms with Crippen molar-refractivity contribution in [2.45, 2.75) is 0 Å². The molecule has 1 aliphatic rings. The quantitative estimate of drug-likeness (QED) is 0.210. The molecule has 0 aliphatic heterocycles. The third-order valence-electron chi connectivity index (χ3n) is 1.19. The van der Waals surface area contributed by atoms with Gasteiger partial charge in [0.2, 0.25) is 0 Å². The molecule has 1 aliphatic carbocycles. The van der Waals surface area contributed by atoms with Crippen LogP contribution in [0.25, 0.3) is 0 Å². The van der Waals surface area contributed by atoms with Gasteiger partial charge in [0.05, 0.1) is 0 Å². The molecule has 0 nitrogen and oxygen atoms in total. The second kappa shape index (κ2) is 8.21. The van der Waals surface area contributed by atoms with E-state index in [0.29, 0.717) is 5.57 Å². The van der Waals surface area contributed by atoms with Crippen molar-refractivity contribution in [1.29, 1.82) is 0 Å². The molecule has 0 bridgehead atoms. The molecule has 0 fully saturated rings. The summed E-state index contributed by atoms with van der Waals surface area (Å²) in [4.78, 5) is 0. The van der Waals surface area contributed by atoms with Crippen molar-refractivity contribution in [3.8, 4) is 11.8 Å². The fourth-order valence-electron chi connectivity index (χ4n) is 0.693. The van der Waals surface area contributed by atoms with Gasteiger partial charge in [0, 0.05) is 5.57 Å². The van der Waals surface area contributed by atoms with Crippen molar-refractivity contribution < 1.29 is 44.8 Å². The van der Waals surface area contributed by atoms with Crippen molar-refractivity contribution in [2.75, 3.05) is 0 Å². The van der Waals surface area contributed by atoms with Crippen LogP contribution in [0.15, 0.2) is 41.2 Å². The van der Waals surface area contributed by atoms with Gasteiger partial charge in [0.25, 0.3) is 0 Å². The molecule has 2 heteroatoms. The fourth-order valence-corrected chi connectivity index (χ4v) is 0.693. The average molecular weight is 530 g/mol. The third-order valence-corrected chi connectivity index (χ3v) is 1.19. The van der Waals surface area contributed by atoms with Gasteiger partial charge < -0.3 is 12.8 Å². The van der Waals surface area contributed by atoms with Gasteiger partial charge in [-0.15, -0.1) is 17.4 Å². The van der Waals surface area contributed by atoms with Crippen LogP contribution in [-0.2, 0) is 44.8 Å². The van der Waals surface area contributed by atoms with Crippen LogP contribution in [0, 0.1) is 24.7 Å². The molecule has 0 aromatic rings. The van der Waals surface area contributed by atoms with E-state index in [1.165, 1.54) is 0 Å². The Morgan fingerprint density at radius 2 is 1.92 bits per heavy atom. The topological polar surface area (TPSA) is 0 Å². The fraction of sp³-hybridized carbons (Fsp3) is 0. The van der Waals surface area contributed by atoms with Crippen molar-refractivity contribution in [2.24, 2.45) is 0 Å². The molecule has 0 aromatic heterocycles. The summed E-state index contributed by atoms with van der Waals surface area (Å²) >= 11 is 0. The second-order valence-corrected chi connectivity index (χ2v) is 1.93. The first-order valence-electron chi connectivity index (χ1n) is 3.07. The summed E-state index contributed by atoms with van der Waals surface area (Å²) in [5.41, 5.74) is 4.09. The molecule has 0 N–H and O–H groups in total. The number of hydrogen-bond acceptors (Lipinski definition) is 0. The number of hydrogen-bond donors (Lipinski definition) is 0. The first kappa shape index (κ1) is 15.1. The monoisotopic (exact) mass is 530 g/mol. The maximum atomic E-state index is 6.75. The largest absolute Gasteiger partial charge is 1.00 e. The Morgan fingerprint density at radius 3 is 2.31 bits per heavy atom. The van der Waals surface area contributed by atoms with Crippen molar-refractivity contribution in [1.82, 2.24) is 0 Å². The number of allylic oxidation sites excluding steroid dienone is 5. The molecule has 0 heterocycles. The minimum atomic E-state index is 0. The molecule has 1 rings (SSSR count). The van der Waals surface area contributed by atoms with E-state index >= 15 is 0 Å². The first-order chi connectivity index (χ1) is 5.36. The zero-order valence-corrected chi connectivity index (χ0v) is 10.7. The summed E-state index contributed by atoms with van der Waals surface area (Å²) in [5, 5.41) is 0. The van der Waals surface area contributed by atoms with E-state index in [-0.39, 0.29) is 44.8 Å². The molecule has 13 heavy (non-hydrogen) atoms. The van der Waals surface area contributed by atoms with Crippen molar-refractivity contribution in [3.05, 3.63) is 54.0 Å². The minimum absolute atomic E-state index is 0. The van der Waals surface area contributed by atoms with Gasteiger partial charge in [-0.1, -0.05) is 6.08 Å². The average Bonchev–Trinajstić information content (AvgIpc) is 2.52. The molecular weight excluding hydrogens is 526 g/mol. The molecule has 0 atom stereocenters. The van der Waals surface area contributed by atoms with Gasteiger partial charge >= 0.3 is 44.8 Å². The summed E-state index contributed by atoms with van der Waals surface area (Å²) in [5.74, 6) is 4.16. The van der Waals surface area contributed by atoms with Gasteiger partial charge in [0.1, 0.15) is 0 Å². The normalized spacial score (nSPS) is 9.85. The molecule has 0 amide bonds. The molecular formula is C11H4Au2. The smallest absolute Gasteiger partial charge is 0.365 e. The third kappa shape index (κ3) is 5.02. The first-order valence-corrected chi connectivity index (χ1v) is 3.07. The Morgan fingerprint density at radius 1 is 1.31 bits per heavy atom. The molecule has 0 saturated heterocycles. The van der Waals surface area contributed by atoms with E-state index in [2.05, 4.69) is 17.6 Å². The SMILES string of the molecule is [Au+].[Au+].[C-]#CC(C#[C-])=CC1=C=CC=C1. The van der Waals surface area contributed by atoms with Gasteiger partial charge in [-0.2, -0.15) is 0 Å². The Labute approximate surface area is 110 Å². The van der Waals surface area contributed by atoms with Crippen LogP contribution >= 0.6 is 0 Å². The van der Waals surface area contributed by atoms with E-state index < -0.39 is 0 Å². The van der Waals surface area contributed by atoms with Crippen LogP contribution in [0.5, 0.6) is 0 Å². The Kier molecular flexibility index (Phi) is 9.53. The van der Waals surface area contributed by atoms with Gasteiger partial charge in [0.15, 0.2) is 0 Å².